The van der Waals surface area contributed by atoms with Crippen molar-refractivity contribution in [3.63, 3.8) is 0 Å². The molecule has 0 N–H and O–H groups in total. The van der Waals surface area contributed by atoms with Crippen molar-refractivity contribution in [2.24, 2.45) is 0 Å². The monoisotopic (exact) mass is 1930 g/mol. The number of rotatable bonds is 22. The highest BCUT2D eigenvalue weighted by Gasteiger charge is 2.23. The van der Waals surface area contributed by atoms with Gasteiger partial charge in [0.15, 0.2) is 46.5 Å². The standard InChI is InChI=1S/C13H14F2N2OS.C12H11ClF2N2S.2C12H12ClFN2S.3C12H11F3N2S/c1-7(2)13-17-16-10(19-13)6-8-4-5-9(14)12(18-3)11(8)15;1-6(2)12-17-16-10(18-12)5-7-9(14)4-3-8(13)11(7)15;1-7(2)12-16-15-11(17-12)6-8-3-4-10(14)9(13)5-8;1-7(2)12-16-15-10(17-12)6-8-4-3-5-9(13)11(8)14;1-6(2)12-17-16-11(18-12)5-8-9(14)3-7(13)4-10(8)15;1-6(2)12-17-16-11(18-12)4-7-3-9(14)10(15)5-8(7)13;1-6(2)12-17-16-9(18-12)5-7-3-4-8(13)11(15)10(7)14/h4-5,7H,6H2,1-3H3;3-4,6H,5H2,1-2H3;2*3-5,7H,6H2,1-2H3;3-4,6H,5H2,1-2H3;3,5-6H,4H2,1-2H3;3-4,6H,5H2,1-2H3. The molecule has 7 heterocycles. The second kappa shape index (κ2) is 47.8. The Morgan fingerprint density at radius 3 is 0.984 bits per heavy atom. The van der Waals surface area contributed by atoms with Crippen molar-refractivity contribution in [3.8, 4) is 5.75 Å². The Labute approximate surface area is 755 Å². The first-order valence-corrected chi connectivity index (χ1v) is 45.1. The Morgan fingerprint density at radius 1 is 0.256 bits per heavy atom. The molecule has 0 aliphatic carbocycles. The van der Waals surface area contributed by atoms with Gasteiger partial charge in [0.1, 0.15) is 117 Å². The van der Waals surface area contributed by atoms with Crippen molar-refractivity contribution in [1.29, 1.82) is 0 Å². The third kappa shape index (κ3) is 29.8. The van der Waals surface area contributed by atoms with Gasteiger partial charge in [0.2, 0.25) is 0 Å². The van der Waals surface area contributed by atoms with E-state index in [2.05, 4.69) is 99.1 Å². The summed E-state index contributed by atoms with van der Waals surface area (Å²) in [7, 11) is 1.24. The minimum atomic E-state index is -1.44. The lowest BCUT2D eigenvalue weighted by molar-refractivity contribution is 0.358. The van der Waals surface area contributed by atoms with Crippen LogP contribution in [0.3, 0.4) is 0 Å². The van der Waals surface area contributed by atoms with Gasteiger partial charge >= 0.3 is 0 Å². The fourth-order valence-electron chi connectivity index (χ4n) is 10.2. The first kappa shape index (κ1) is 101. The number of methoxy groups -OCH3 is 1. The molecule has 666 valence electrons. The van der Waals surface area contributed by atoms with E-state index in [1.807, 2.05) is 69.2 Å². The average Bonchev–Trinajstić information content (AvgIpc) is 1.84. The van der Waals surface area contributed by atoms with Crippen LogP contribution in [0.1, 0.15) is 247 Å². The van der Waals surface area contributed by atoms with Crippen LogP contribution in [0.5, 0.6) is 5.75 Å². The lowest BCUT2D eigenvalue weighted by atomic mass is 10.1. The third-order valence-electron chi connectivity index (χ3n) is 17.0. The fraction of sp³-hybridized carbons (Fsp3) is 0.341. The first-order chi connectivity index (χ1) is 59.1. The van der Waals surface area contributed by atoms with Gasteiger partial charge in [-0.05, 0) is 76.3 Å². The Kier molecular flexibility index (Phi) is 38.8. The van der Waals surface area contributed by atoms with Gasteiger partial charge in [-0.1, -0.05) is 162 Å². The van der Waals surface area contributed by atoms with E-state index in [-0.39, 0.29) is 105 Å². The summed E-state index contributed by atoms with van der Waals surface area (Å²) in [6.07, 6.45) is 1.67. The van der Waals surface area contributed by atoms with Gasteiger partial charge in [-0.3, -0.25) is 0 Å². The topological polar surface area (TPSA) is 190 Å². The molecule has 0 unspecified atom stereocenters. The van der Waals surface area contributed by atoms with Gasteiger partial charge < -0.3 is 4.74 Å². The highest BCUT2D eigenvalue weighted by molar-refractivity contribution is 7.13. The molecule has 0 aliphatic rings. The van der Waals surface area contributed by atoms with Crippen molar-refractivity contribution < 1.29 is 70.6 Å². The molecule has 14 aromatic rings. The van der Waals surface area contributed by atoms with Gasteiger partial charge in [0.25, 0.3) is 0 Å². The summed E-state index contributed by atoms with van der Waals surface area (Å²) in [5.74, 6) is -11.3. The SMILES string of the molecule is CC(C)c1nnc(Cc2c(F)cc(F)cc2F)s1.CC(C)c1nnc(Cc2c(F)ccc(Cl)c2F)s1.CC(C)c1nnc(Cc2cc(F)c(F)cc2F)s1.CC(C)c1nnc(Cc2ccc(F)c(Cl)c2)s1.CC(C)c1nnc(Cc2ccc(F)c(F)c2F)s1.CC(C)c1nnc(Cc2cccc(Cl)c2F)s1.COc1c(F)ccc(Cc2nnc(C(C)C)s2)c1F. The van der Waals surface area contributed by atoms with Gasteiger partial charge in [0.05, 0.1) is 22.2 Å². The maximum atomic E-state index is 14.0. The normalized spacial score (nSPS) is 11.2. The largest absolute Gasteiger partial charge is 0.491 e. The van der Waals surface area contributed by atoms with E-state index in [0.717, 1.165) is 68.8 Å². The van der Waals surface area contributed by atoms with Crippen LogP contribution in [0, 0.1) is 87.3 Å². The fourth-order valence-corrected chi connectivity index (χ4v) is 16.9. The molecule has 15 nitrogen and oxygen atoms in total. The van der Waals surface area contributed by atoms with Crippen LogP contribution in [-0.2, 0) is 44.9 Å². The molecule has 0 bridgehead atoms. The Bertz CT molecular complexity index is 5810. The van der Waals surface area contributed by atoms with E-state index in [1.165, 1.54) is 105 Å². The average molecular weight is 1930 g/mol. The molecule has 0 aliphatic heterocycles. The zero-order valence-electron chi connectivity index (χ0n) is 69.6. The number of hydrogen-bond acceptors (Lipinski definition) is 22. The number of nitrogens with zero attached hydrogens (tertiary/aromatic N) is 14. The first-order valence-electron chi connectivity index (χ1n) is 38.2. The highest BCUT2D eigenvalue weighted by atomic mass is 35.5. The predicted molar refractivity (Wildman–Crippen MR) is 464 cm³/mol. The van der Waals surface area contributed by atoms with Gasteiger partial charge in [-0.25, -0.2) is 65.9 Å². The minimum absolute atomic E-state index is 0.0116. The molecule has 0 saturated heterocycles. The molecular weight excluding hydrogens is 1850 g/mol. The van der Waals surface area contributed by atoms with E-state index in [9.17, 15) is 65.9 Å². The van der Waals surface area contributed by atoms with Crippen molar-refractivity contribution in [2.75, 3.05) is 7.11 Å². The molecule has 0 saturated carbocycles. The number of benzene rings is 7. The smallest absolute Gasteiger partial charge is 0.194 e. The van der Waals surface area contributed by atoms with Crippen LogP contribution in [-0.4, -0.2) is 78.5 Å². The summed E-state index contributed by atoms with van der Waals surface area (Å²) in [5.41, 5.74) is 1.79. The third-order valence-corrected chi connectivity index (χ3v) is 26.5. The lowest BCUT2D eigenvalue weighted by Gasteiger charge is -2.07. The Morgan fingerprint density at radius 2 is 0.592 bits per heavy atom. The van der Waals surface area contributed by atoms with Crippen LogP contribution < -0.4 is 4.74 Å². The van der Waals surface area contributed by atoms with Gasteiger partial charge in [-0.2, -0.15) is 0 Å². The number of hydrogen-bond donors (Lipinski definition) is 0. The number of ether oxygens (including phenoxy) is 1. The van der Waals surface area contributed by atoms with Crippen molar-refractivity contribution in [1.82, 2.24) is 71.4 Å². The number of halogens is 18. The molecule has 0 spiro atoms. The molecule has 0 radical (unpaired) electrons. The zero-order chi connectivity index (χ0) is 92.0. The second-order valence-corrected chi connectivity index (χ2v) is 38.3. The summed E-state index contributed by atoms with van der Waals surface area (Å²) in [6, 6.07) is 19.6. The van der Waals surface area contributed by atoms with E-state index in [4.69, 9.17) is 39.5 Å². The molecular formula is C85H82Cl3F15N14OS7. The predicted octanol–water partition coefficient (Wildman–Crippen LogP) is 26.8. The molecule has 125 heavy (non-hydrogen) atoms. The molecule has 0 amide bonds. The summed E-state index contributed by atoms with van der Waals surface area (Å²) in [4.78, 5) is 0. The van der Waals surface area contributed by atoms with Crippen molar-refractivity contribution >= 4 is 114 Å². The van der Waals surface area contributed by atoms with Gasteiger partial charge in [-0.15, -0.1) is 151 Å². The van der Waals surface area contributed by atoms with Crippen LogP contribution in [0.4, 0.5) is 65.9 Å². The Balaban J connectivity index is 0.000000181. The summed E-state index contributed by atoms with van der Waals surface area (Å²) >= 11 is 27.0. The molecule has 7 aromatic heterocycles. The number of aromatic nitrogens is 14. The molecule has 0 fully saturated rings. The van der Waals surface area contributed by atoms with Crippen LogP contribution >= 0.6 is 114 Å². The van der Waals surface area contributed by atoms with Crippen LogP contribution in [0.25, 0.3) is 0 Å². The van der Waals surface area contributed by atoms with Gasteiger partial charge in [0, 0.05) is 116 Å². The maximum Gasteiger partial charge on any atom is 0.194 e. The molecule has 0 atom stereocenters. The minimum Gasteiger partial charge on any atom is -0.491 e. The molecule has 14 rings (SSSR count). The summed E-state index contributed by atoms with van der Waals surface area (Å²) in [5, 5.41) is 67.1. The van der Waals surface area contributed by atoms with E-state index < -0.39 is 81.4 Å². The zero-order valence-corrected chi connectivity index (χ0v) is 77.5. The van der Waals surface area contributed by atoms with Crippen molar-refractivity contribution in [3.05, 3.63) is 308 Å². The van der Waals surface area contributed by atoms with Crippen LogP contribution in [0.15, 0.2) is 97.1 Å². The molecule has 40 heteroatoms. The molecule has 7 aromatic carbocycles. The quantitative estimate of drug-likeness (QED) is 0.0354. The maximum absolute atomic E-state index is 14.0. The lowest BCUT2D eigenvalue weighted by Crippen LogP contribution is -1.99. The second-order valence-electron chi connectivity index (χ2n) is 29.4. The van der Waals surface area contributed by atoms with Crippen molar-refractivity contribution in [2.45, 2.75) is 183 Å². The van der Waals surface area contributed by atoms with E-state index >= 15 is 0 Å². The van der Waals surface area contributed by atoms with E-state index in [1.54, 1.807) is 41.7 Å². The van der Waals surface area contributed by atoms with Crippen LogP contribution in [0.2, 0.25) is 15.1 Å². The Hall–Kier alpha value is -8.92. The van der Waals surface area contributed by atoms with E-state index in [0.29, 0.717) is 85.0 Å². The highest BCUT2D eigenvalue weighted by Crippen LogP contribution is 2.34. The summed E-state index contributed by atoms with van der Waals surface area (Å²) < 4.78 is 204. The summed E-state index contributed by atoms with van der Waals surface area (Å²) in [6.45, 7) is 28.1.